The van der Waals surface area contributed by atoms with E-state index in [1.807, 2.05) is 0 Å². The number of halogens is 2. The van der Waals surface area contributed by atoms with Gasteiger partial charge in [-0.1, -0.05) is 0 Å². The maximum absolute atomic E-state index is 11.7. The zero-order valence-electron chi connectivity index (χ0n) is 4.72. The smallest absolute Gasteiger partial charge is 0.109 e. The minimum absolute atomic E-state index is 0.327. The van der Waals surface area contributed by atoms with Gasteiger partial charge in [0, 0.05) is 0 Å². The van der Waals surface area contributed by atoms with Crippen LogP contribution in [0.3, 0.4) is 0 Å². The molecule has 0 bridgehead atoms. The Hall–Kier alpha value is -0.380. The Bertz CT molecular complexity index is 187. The van der Waals surface area contributed by atoms with Crippen molar-refractivity contribution in [2.45, 2.75) is 6.54 Å². The molecule has 4 heteroatoms. The van der Waals surface area contributed by atoms with Gasteiger partial charge in [0.1, 0.15) is 11.3 Å². The Morgan fingerprint density at radius 2 is 2.56 bits per heavy atom. The summed E-state index contributed by atoms with van der Waals surface area (Å²) in [6.45, 7) is -0.0478. The van der Waals surface area contributed by atoms with Gasteiger partial charge >= 0.3 is 0 Å². The summed E-state index contributed by atoms with van der Waals surface area (Å²) in [5.74, 6) is 0. The fourth-order valence-corrected chi connectivity index (χ4v) is 0.948. The van der Waals surface area contributed by atoms with Crippen molar-refractivity contribution in [2.75, 3.05) is 6.67 Å². The normalized spacial score (nSPS) is 10.0. The van der Waals surface area contributed by atoms with E-state index in [9.17, 15) is 4.39 Å². The first-order chi connectivity index (χ1) is 4.34. The van der Waals surface area contributed by atoms with E-state index in [2.05, 4.69) is 21.0 Å². The molecule has 0 aromatic carbocycles. The van der Waals surface area contributed by atoms with Crippen LogP contribution in [0, 0.1) is 0 Å². The Morgan fingerprint density at radius 3 is 3.00 bits per heavy atom. The maximum atomic E-state index is 11.7. The standard InChI is InChI=1S/C5H6BrFN2/c6-5-1-3-8-9(5)4-2-7/h1,3H,2,4H2. The first kappa shape index (κ1) is 6.74. The highest BCUT2D eigenvalue weighted by atomic mass is 79.9. The fourth-order valence-electron chi connectivity index (χ4n) is 0.561. The van der Waals surface area contributed by atoms with Gasteiger partial charge in [-0.2, -0.15) is 5.10 Å². The van der Waals surface area contributed by atoms with Gasteiger partial charge in [0.25, 0.3) is 0 Å². The van der Waals surface area contributed by atoms with Crippen molar-refractivity contribution >= 4 is 15.9 Å². The Kier molecular flexibility index (Phi) is 2.22. The maximum Gasteiger partial charge on any atom is 0.109 e. The Labute approximate surface area is 60.8 Å². The lowest BCUT2D eigenvalue weighted by atomic mass is 10.7. The molecule has 0 amide bonds. The van der Waals surface area contributed by atoms with Crippen molar-refractivity contribution in [2.24, 2.45) is 0 Å². The topological polar surface area (TPSA) is 17.8 Å². The van der Waals surface area contributed by atoms with E-state index in [-0.39, 0.29) is 6.67 Å². The molecule has 9 heavy (non-hydrogen) atoms. The molecule has 0 aliphatic carbocycles. The average molecular weight is 193 g/mol. The van der Waals surface area contributed by atoms with Crippen LogP contribution in [-0.2, 0) is 6.54 Å². The number of alkyl halides is 1. The highest BCUT2D eigenvalue weighted by Gasteiger charge is 1.94. The van der Waals surface area contributed by atoms with Crippen LogP contribution < -0.4 is 0 Å². The van der Waals surface area contributed by atoms with E-state index in [4.69, 9.17) is 0 Å². The lowest BCUT2D eigenvalue weighted by Crippen LogP contribution is -2.00. The van der Waals surface area contributed by atoms with Crippen LogP contribution in [0.4, 0.5) is 4.39 Å². The summed E-state index contributed by atoms with van der Waals surface area (Å²) < 4.78 is 14.0. The first-order valence-corrected chi connectivity index (χ1v) is 3.37. The van der Waals surface area contributed by atoms with Gasteiger partial charge in [0.15, 0.2) is 0 Å². The molecular formula is C5H6BrFN2. The molecule has 1 aromatic rings. The highest BCUT2D eigenvalue weighted by molar-refractivity contribution is 9.10. The van der Waals surface area contributed by atoms with Gasteiger partial charge in [-0.25, -0.2) is 4.39 Å². The number of hydrogen-bond donors (Lipinski definition) is 0. The van der Waals surface area contributed by atoms with E-state index in [1.165, 1.54) is 0 Å². The van der Waals surface area contributed by atoms with Gasteiger partial charge in [-0.05, 0) is 22.0 Å². The van der Waals surface area contributed by atoms with Crippen molar-refractivity contribution < 1.29 is 4.39 Å². The molecule has 0 saturated heterocycles. The zero-order chi connectivity index (χ0) is 6.69. The third kappa shape index (κ3) is 1.51. The van der Waals surface area contributed by atoms with Gasteiger partial charge in [0.05, 0.1) is 12.7 Å². The second-order valence-corrected chi connectivity index (χ2v) is 2.38. The molecule has 50 valence electrons. The molecule has 0 fully saturated rings. The van der Waals surface area contributed by atoms with Crippen molar-refractivity contribution in [3.8, 4) is 0 Å². The zero-order valence-corrected chi connectivity index (χ0v) is 6.31. The van der Waals surface area contributed by atoms with E-state index in [0.29, 0.717) is 6.54 Å². The minimum atomic E-state index is -0.375. The van der Waals surface area contributed by atoms with Gasteiger partial charge < -0.3 is 0 Å². The third-order valence-electron chi connectivity index (χ3n) is 0.961. The number of nitrogens with zero attached hydrogens (tertiary/aromatic N) is 2. The van der Waals surface area contributed by atoms with Crippen LogP contribution >= 0.6 is 15.9 Å². The lowest BCUT2D eigenvalue weighted by molar-refractivity contribution is 0.423. The Balaban J connectivity index is 2.69. The van der Waals surface area contributed by atoms with Crippen LogP contribution in [-0.4, -0.2) is 16.5 Å². The quantitative estimate of drug-likeness (QED) is 0.697. The number of hydrogen-bond acceptors (Lipinski definition) is 1. The van der Waals surface area contributed by atoms with Gasteiger partial charge in [-0.15, -0.1) is 0 Å². The Morgan fingerprint density at radius 1 is 1.78 bits per heavy atom. The second-order valence-electron chi connectivity index (χ2n) is 1.57. The highest BCUT2D eigenvalue weighted by Crippen LogP contribution is 2.06. The summed E-state index contributed by atoms with van der Waals surface area (Å²) in [5, 5.41) is 3.84. The monoisotopic (exact) mass is 192 g/mol. The molecule has 1 aromatic heterocycles. The molecular weight excluding hydrogens is 187 g/mol. The van der Waals surface area contributed by atoms with E-state index in [1.54, 1.807) is 16.9 Å². The molecule has 0 atom stereocenters. The summed E-state index contributed by atoms with van der Waals surface area (Å²) in [5.41, 5.74) is 0. The predicted octanol–water partition coefficient (Wildman–Crippen LogP) is 1.62. The molecule has 0 N–H and O–H groups in total. The summed E-state index contributed by atoms with van der Waals surface area (Å²) >= 11 is 3.20. The van der Waals surface area contributed by atoms with Crippen molar-refractivity contribution in [1.82, 2.24) is 9.78 Å². The molecule has 2 nitrogen and oxygen atoms in total. The minimum Gasteiger partial charge on any atom is -0.256 e. The molecule has 0 aliphatic heterocycles. The van der Waals surface area contributed by atoms with Crippen LogP contribution in [0.25, 0.3) is 0 Å². The number of aromatic nitrogens is 2. The van der Waals surface area contributed by atoms with E-state index < -0.39 is 0 Å². The second kappa shape index (κ2) is 2.96. The largest absolute Gasteiger partial charge is 0.256 e. The molecule has 0 saturated carbocycles. The number of rotatable bonds is 2. The van der Waals surface area contributed by atoms with Gasteiger partial charge in [-0.3, -0.25) is 4.68 Å². The first-order valence-electron chi connectivity index (χ1n) is 2.58. The number of aryl methyl sites for hydroxylation is 1. The SMILES string of the molecule is FCCn1nccc1Br. The molecule has 1 heterocycles. The summed E-state index contributed by atoms with van der Waals surface area (Å²) in [6.07, 6.45) is 1.62. The average Bonchev–Trinajstić information content (AvgIpc) is 2.18. The van der Waals surface area contributed by atoms with Crippen LogP contribution in [0.5, 0.6) is 0 Å². The van der Waals surface area contributed by atoms with Crippen molar-refractivity contribution in [3.05, 3.63) is 16.9 Å². The van der Waals surface area contributed by atoms with Crippen LogP contribution in [0.2, 0.25) is 0 Å². The van der Waals surface area contributed by atoms with Gasteiger partial charge in [0.2, 0.25) is 0 Å². The fraction of sp³-hybridized carbons (Fsp3) is 0.400. The molecule has 0 radical (unpaired) electrons. The van der Waals surface area contributed by atoms with Crippen LogP contribution in [0.1, 0.15) is 0 Å². The molecule has 0 aliphatic rings. The third-order valence-corrected chi connectivity index (χ3v) is 1.63. The molecule has 1 rings (SSSR count). The summed E-state index contributed by atoms with van der Waals surface area (Å²) in [4.78, 5) is 0. The lowest BCUT2D eigenvalue weighted by Gasteiger charge is -1.95. The predicted molar refractivity (Wildman–Crippen MR) is 35.9 cm³/mol. The van der Waals surface area contributed by atoms with E-state index in [0.717, 1.165) is 4.60 Å². The van der Waals surface area contributed by atoms with Crippen molar-refractivity contribution in [1.29, 1.82) is 0 Å². The summed E-state index contributed by atoms with van der Waals surface area (Å²) in [7, 11) is 0. The summed E-state index contributed by atoms with van der Waals surface area (Å²) in [6, 6.07) is 1.77. The molecule has 0 spiro atoms. The van der Waals surface area contributed by atoms with Crippen molar-refractivity contribution in [3.63, 3.8) is 0 Å². The van der Waals surface area contributed by atoms with E-state index >= 15 is 0 Å². The van der Waals surface area contributed by atoms with Crippen LogP contribution in [0.15, 0.2) is 16.9 Å². The molecule has 0 unspecified atom stereocenters.